The number of rotatable bonds is 5. The lowest BCUT2D eigenvalue weighted by molar-refractivity contribution is -0.115. The molecule has 0 atom stereocenters. The second-order valence-electron chi connectivity index (χ2n) is 7.51. The highest BCUT2D eigenvalue weighted by molar-refractivity contribution is 6.30. The van der Waals surface area contributed by atoms with E-state index in [0.29, 0.717) is 27.3 Å². The van der Waals surface area contributed by atoms with Crippen LogP contribution in [-0.2, 0) is 18.3 Å². The molecule has 166 valence electrons. The standard InChI is InChI=1S/C25H20ClN3O4/c1-29-22-4-2-3-21(28-23(31)13-15-5-7-16(26)8-6-15)19(22)14-20(25(29)33)24(32)27-17-9-11-18(30)12-10-17/h2-12,14,30H,13H2,1H3,(H,27,32)(H,28,31). The van der Waals surface area contributed by atoms with Crippen LogP contribution in [0.25, 0.3) is 10.9 Å². The molecule has 1 heterocycles. The number of nitrogens with one attached hydrogen (secondary N) is 2. The van der Waals surface area contributed by atoms with Crippen LogP contribution in [0.2, 0.25) is 5.02 Å². The fraction of sp³-hybridized carbons (Fsp3) is 0.0800. The number of pyridine rings is 1. The number of fused-ring (bicyclic) bond motifs is 1. The molecule has 0 radical (unpaired) electrons. The van der Waals surface area contributed by atoms with E-state index in [0.717, 1.165) is 5.56 Å². The summed E-state index contributed by atoms with van der Waals surface area (Å²) in [5.74, 6) is -0.771. The smallest absolute Gasteiger partial charge is 0.263 e. The molecule has 1 aromatic heterocycles. The first-order valence-corrected chi connectivity index (χ1v) is 10.5. The third kappa shape index (κ3) is 4.88. The molecule has 0 spiro atoms. The Kier molecular flexibility index (Phi) is 6.15. The van der Waals surface area contributed by atoms with E-state index in [4.69, 9.17) is 11.6 Å². The van der Waals surface area contributed by atoms with Gasteiger partial charge in [0, 0.05) is 23.1 Å². The second kappa shape index (κ2) is 9.18. The van der Waals surface area contributed by atoms with E-state index in [1.54, 1.807) is 49.5 Å². The van der Waals surface area contributed by atoms with Gasteiger partial charge in [-0.15, -0.1) is 0 Å². The second-order valence-corrected chi connectivity index (χ2v) is 7.95. The van der Waals surface area contributed by atoms with Crippen LogP contribution in [0.3, 0.4) is 0 Å². The number of aromatic hydroxyl groups is 1. The first-order chi connectivity index (χ1) is 15.8. The van der Waals surface area contributed by atoms with Crippen molar-refractivity contribution >= 4 is 45.7 Å². The molecular formula is C25H20ClN3O4. The van der Waals surface area contributed by atoms with Crippen molar-refractivity contribution in [2.45, 2.75) is 6.42 Å². The van der Waals surface area contributed by atoms with Crippen LogP contribution in [0.5, 0.6) is 5.75 Å². The van der Waals surface area contributed by atoms with Gasteiger partial charge in [0.2, 0.25) is 5.91 Å². The summed E-state index contributed by atoms with van der Waals surface area (Å²) in [6.07, 6.45) is 0.146. The summed E-state index contributed by atoms with van der Waals surface area (Å²) in [5.41, 5.74) is 1.76. The number of anilines is 2. The number of hydrogen-bond donors (Lipinski definition) is 3. The Morgan fingerprint density at radius 3 is 2.36 bits per heavy atom. The molecular weight excluding hydrogens is 442 g/mol. The predicted octanol–water partition coefficient (Wildman–Crippen LogP) is 4.33. The summed E-state index contributed by atoms with van der Waals surface area (Å²) >= 11 is 5.90. The van der Waals surface area contributed by atoms with Crippen molar-refractivity contribution in [2.24, 2.45) is 7.05 Å². The van der Waals surface area contributed by atoms with Crippen LogP contribution in [-0.4, -0.2) is 21.5 Å². The number of amides is 2. The van der Waals surface area contributed by atoms with Gasteiger partial charge in [0.05, 0.1) is 17.6 Å². The Labute approximate surface area is 194 Å². The minimum Gasteiger partial charge on any atom is -0.508 e. The molecule has 0 aliphatic rings. The highest BCUT2D eigenvalue weighted by Crippen LogP contribution is 2.24. The predicted molar refractivity (Wildman–Crippen MR) is 129 cm³/mol. The number of nitrogens with zero attached hydrogens (tertiary/aromatic N) is 1. The van der Waals surface area contributed by atoms with Crippen LogP contribution in [0, 0.1) is 0 Å². The fourth-order valence-electron chi connectivity index (χ4n) is 3.49. The van der Waals surface area contributed by atoms with Crippen molar-refractivity contribution in [3.63, 3.8) is 0 Å². The van der Waals surface area contributed by atoms with Gasteiger partial charge >= 0.3 is 0 Å². The largest absolute Gasteiger partial charge is 0.508 e. The van der Waals surface area contributed by atoms with Gasteiger partial charge in [-0.2, -0.15) is 0 Å². The number of carbonyl (C=O) groups excluding carboxylic acids is 2. The summed E-state index contributed by atoms with van der Waals surface area (Å²) < 4.78 is 1.37. The molecule has 0 unspecified atom stereocenters. The maximum atomic E-state index is 12.8. The lowest BCUT2D eigenvalue weighted by Crippen LogP contribution is -2.28. The quantitative estimate of drug-likeness (QED) is 0.385. The Morgan fingerprint density at radius 2 is 1.67 bits per heavy atom. The summed E-state index contributed by atoms with van der Waals surface area (Å²) in [4.78, 5) is 38.3. The molecule has 0 saturated carbocycles. The molecule has 8 heteroatoms. The Bertz CT molecular complexity index is 1410. The SMILES string of the molecule is Cn1c(=O)c(C(=O)Nc2ccc(O)cc2)cc2c(NC(=O)Cc3ccc(Cl)cc3)cccc21. The van der Waals surface area contributed by atoms with E-state index in [-0.39, 0.29) is 23.6 Å². The molecule has 0 aliphatic heterocycles. The summed E-state index contributed by atoms with van der Waals surface area (Å²) in [5, 5.41) is 16.1. The number of hydrogen-bond acceptors (Lipinski definition) is 4. The van der Waals surface area contributed by atoms with Crippen LogP contribution in [0.1, 0.15) is 15.9 Å². The van der Waals surface area contributed by atoms with Gasteiger partial charge in [-0.1, -0.05) is 29.8 Å². The van der Waals surface area contributed by atoms with Gasteiger partial charge in [-0.25, -0.2) is 0 Å². The molecule has 4 rings (SSSR count). The van der Waals surface area contributed by atoms with E-state index in [9.17, 15) is 19.5 Å². The Morgan fingerprint density at radius 1 is 0.970 bits per heavy atom. The molecule has 2 amide bonds. The molecule has 3 aromatic carbocycles. The third-order valence-corrected chi connectivity index (χ3v) is 5.44. The first-order valence-electron chi connectivity index (χ1n) is 10.1. The van der Waals surface area contributed by atoms with E-state index in [1.165, 1.54) is 34.9 Å². The van der Waals surface area contributed by atoms with Gasteiger partial charge in [0.15, 0.2) is 0 Å². The Balaban J connectivity index is 1.65. The third-order valence-electron chi connectivity index (χ3n) is 5.19. The molecule has 0 bridgehead atoms. The van der Waals surface area contributed by atoms with Crippen LogP contribution in [0.4, 0.5) is 11.4 Å². The van der Waals surface area contributed by atoms with Crippen molar-refractivity contribution in [3.05, 3.63) is 99.3 Å². The van der Waals surface area contributed by atoms with Crippen LogP contribution < -0.4 is 16.2 Å². The van der Waals surface area contributed by atoms with Crippen molar-refractivity contribution < 1.29 is 14.7 Å². The lowest BCUT2D eigenvalue weighted by atomic mass is 10.1. The van der Waals surface area contributed by atoms with E-state index < -0.39 is 11.5 Å². The minimum absolute atomic E-state index is 0.0635. The van der Waals surface area contributed by atoms with Crippen molar-refractivity contribution in [3.8, 4) is 5.75 Å². The van der Waals surface area contributed by atoms with E-state index in [2.05, 4.69) is 10.6 Å². The molecule has 0 saturated heterocycles. The van der Waals surface area contributed by atoms with Gasteiger partial charge in [0.25, 0.3) is 11.5 Å². The number of aromatic nitrogens is 1. The van der Waals surface area contributed by atoms with Crippen LogP contribution >= 0.6 is 11.6 Å². The number of aryl methyl sites for hydroxylation is 1. The number of benzene rings is 3. The molecule has 0 aliphatic carbocycles. The van der Waals surface area contributed by atoms with Crippen molar-refractivity contribution in [2.75, 3.05) is 10.6 Å². The number of phenolic OH excluding ortho intramolecular Hbond substituents is 1. The van der Waals surface area contributed by atoms with Gasteiger partial charge < -0.3 is 20.3 Å². The molecule has 7 nitrogen and oxygen atoms in total. The van der Waals surface area contributed by atoms with Gasteiger partial charge in [0.1, 0.15) is 11.3 Å². The fourth-order valence-corrected chi connectivity index (χ4v) is 3.62. The monoisotopic (exact) mass is 461 g/mol. The Hall–Kier alpha value is -4.10. The van der Waals surface area contributed by atoms with Gasteiger partial charge in [-0.05, 0) is 60.2 Å². The van der Waals surface area contributed by atoms with Crippen molar-refractivity contribution in [1.29, 1.82) is 0 Å². The zero-order valence-corrected chi connectivity index (χ0v) is 18.4. The lowest BCUT2D eigenvalue weighted by Gasteiger charge is -2.13. The summed E-state index contributed by atoms with van der Waals surface area (Å²) in [6.45, 7) is 0. The molecule has 0 fully saturated rings. The summed E-state index contributed by atoms with van der Waals surface area (Å²) in [7, 11) is 1.57. The highest BCUT2D eigenvalue weighted by atomic mass is 35.5. The summed E-state index contributed by atoms with van der Waals surface area (Å²) in [6, 6.07) is 19.6. The van der Waals surface area contributed by atoms with Crippen LogP contribution in [0.15, 0.2) is 77.6 Å². The van der Waals surface area contributed by atoms with Crippen molar-refractivity contribution in [1.82, 2.24) is 4.57 Å². The number of phenols is 1. The zero-order valence-electron chi connectivity index (χ0n) is 17.6. The zero-order chi connectivity index (χ0) is 23.5. The number of halogens is 1. The molecule has 33 heavy (non-hydrogen) atoms. The highest BCUT2D eigenvalue weighted by Gasteiger charge is 2.17. The average Bonchev–Trinajstić information content (AvgIpc) is 2.79. The van der Waals surface area contributed by atoms with E-state index >= 15 is 0 Å². The minimum atomic E-state index is -0.592. The molecule has 4 aromatic rings. The van der Waals surface area contributed by atoms with Gasteiger partial charge in [-0.3, -0.25) is 14.4 Å². The maximum absolute atomic E-state index is 12.8. The topological polar surface area (TPSA) is 100 Å². The number of carbonyl (C=O) groups is 2. The normalized spacial score (nSPS) is 10.7. The maximum Gasteiger partial charge on any atom is 0.263 e. The first kappa shape index (κ1) is 22.1. The van der Waals surface area contributed by atoms with E-state index in [1.807, 2.05) is 0 Å². The average molecular weight is 462 g/mol. The molecule has 3 N–H and O–H groups in total.